The summed E-state index contributed by atoms with van der Waals surface area (Å²) in [4.78, 5) is 9.20. The minimum atomic E-state index is 0.625. The lowest BCUT2D eigenvalue weighted by atomic mass is 10.6. The van der Waals surface area contributed by atoms with Crippen LogP contribution in [-0.2, 0) is 9.68 Å². The predicted octanol–water partition coefficient (Wildman–Crippen LogP) is 1.90. The normalized spacial score (nSPS) is 8.40. The summed E-state index contributed by atoms with van der Waals surface area (Å²) in [5, 5.41) is 0. The predicted molar refractivity (Wildman–Crippen MR) is 42.4 cm³/mol. The topological polar surface area (TPSA) is 30.5 Å². The Morgan fingerprint density at radius 3 is 1.40 bits per heavy atom. The average molecular weight is 149 g/mol. The average Bonchev–Trinajstić information content (AvgIpc) is 1.91. The van der Waals surface area contributed by atoms with Gasteiger partial charge in [0.05, 0.1) is 13.2 Å². The molecule has 0 bridgehead atoms. The van der Waals surface area contributed by atoms with Crippen LogP contribution in [0.3, 0.4) is 0 Å². The first kappa shape index (κ1) is 12.5. The van der Waals surface area contributed by atoms with Crippen molar-refractivity contribution >= 4 is 0 Å². The fourth-order valence-corrected chi connectivity index (χ4v) is 0.160. The van der Waals surface area contributed by atoms with Crippen molar-refractivity contribution < 1.29 is 9.68 Å². The van der Waals surface area contributed by atoms with Crippen molar-refractivity contribution in [2.45, 2.75) is 34.1 Å². The Morgan fingerprint density at radius 1 is 0.900 bits per heavy atom. The minimum absolute atomic E-state index is 0.625. The van der Waals surface area contributed by atoms with Gasteiger partial charge in [0.1, 0.15) is 0 Å². The minimum Gasteiger partial charge on any atom is -0.277 e. The van der Waals surface area contributed by atoms with E-state index in [0.717, 1.165) is 0 Å². The van der Waals surface area contributed by atoms with E-state index in [-0.39, 0.29) is 0 Å². The molecule has 0 rings (SSSR count). The third kappa shape index (κ3) is 24.8. The maximum Gasteiger partial charge on any atom is 0.0680 e. The van der Waals surface area contributed by atoms with E-state index < -0.39 is 0 Å². The molecule has 0 unspecified atom stereocenters. The van der Waals surface area contributed by atoms with Crippen molar-refractivity contribution in [1.29, 1.82) is 0 Å². The van der Waals surface area contributed by atoms with Gasteiger partial charge in [0.15, 0.2) is 0 Å². The van der Waals surface area contributed by atoms with Crippen LogP contribution in [0.1, 0.15) is 34.1 Å². The maximum atomic E-state index is 4.60. The zero-order chi connectivity index (χ0) is 8.24. The summed E-state index contributed by atoms with van der Waals surface area (Å²) in [6.45, 7) is 9.26. The molecule has 0 saturated heterocycles. The second-order valence-electron chi connectivity index (χ2n) is 1.66. The zero-order valence-electron chi connectivity index (χ0n) is 7.44. The van der Waals surface area contributed by atoms with E-state index >= 15 is 0 Å². The quantitative estimate of drug-likeness (QED) is 0.489. The van der Waals surface area contributed by atoms with Crippen LogP contribution in [-0.4, -0.2) is 13.2 Å². The first-order valence-corrected chi connectivity index (χ1v) is 3.81. The highest BCUT2D eigenvalue weighted by Crippen LogP contribution is 1.64. The Morgan fingerprint density at radius 2 is 1.20 bits per heavy atom. The zero-order valence-corrected chi connectivity index (χ0v) is 7.44. The number of hydrogen-bond acceptors (Lipinski definition) is 3. The summed E-state index contributed by atoms with van der Waals surface area (Å²) < 4.78 is 0. The summed E-state index contributed by atoms with van der Waals surface area (Å²) in [6.07, 6.45) is 1.25. The lowest BCUT2D eigenvalue weighted by Crippen LogP contribution is -2.14. The largest absolute Gasteiger partial charge is 0.277 e. The van der Waals surface area contributed by atoms with Gasteiger partial charge < -0.3 is 0 Å². The molecule has 0 aromatic rings. The van der Waals surface area contributed by atoms with Crippen molar-refractivity contribution in [2.24, 2.45) is 0 Å². The van der Waals surface area contributed by atoms with Crippen LogP contribution >= 0.6 is 0 Å². The van der Waals surface area contributed by atoms with E-state index in [1.165, 1.54) is 6.42 Å². The monoisotopic (exact) mass is 149 g/mol. The summed E-state index contributed by atoms with van der Waals surface area (Å²) in [6, 6.07) is 0. The van der Waals surface area contributed by atoms with Gasteiger partial charge in [-0.3, -0.25) is 9.68 Å². The highest BCUT2D eigenvalue weighted by atomic mass is 16.9. The molecule has 0 atom stereocenters. The molecule has 0 heterocycles. The molecule has 0 radical (unpaired) electrons. The first-order chi connectivity index (χ1) is 4.83. The van der Waals surface area contributed by atoms with Crippen LogP contribution in [0.25, 0.3) is 0 Å². The van der Waals surface area contributed by atoms with Crippen molar-refractivity contribution in [1.82, 2.24) is 5.64 Å². The molecule has 3 heteroatoms. The summed E-state index contributed by atoms with van der Waals surface area (Å²) in [5.74, 6) is 0. The van der Waals surface area contributed by atoms with Crippen LogP contribution in [0.15, 0.2) is 0 Å². The van der Waals surface area contributed by atoms with Crippen molar-refractivity contribution in [3.05, 3.63) is 0 Å². The van der Waals surface area contributed by atoms with Gasteiger partial charge in [-0.25, -0.2) is 0 Å². The molecular weight excluding hydrogens is 130 g/mol. The molecule has 10 heavy (non-hydrogen) atoms. The van der Waals surface area contributed by atoms with Gasteiger partial charge in [0.25, 0.3) is 0 Å². The highest BCUT2D eigenvalue weighted by Gasteiger charge is 1.74. The van der Waals surface area contributed by atoms with Crippen LogP contribution in [0, 0.1) is 0 Å². The lowest BCUT2D eigenvalue weighted by molar-refractivity contribution is -0.163. The lowest BCUT2D eigenvalue weighted by Gasteiger charge is -1.98. The molecule has 0 fully saturated rings. The Balaban J connectivity index is 0. The van der Waals surface area contributed by atoms with E-state index in [1.54, 1.807) is 0 Å². The Bertz CT molecular complexity index is 38.6. The Labute approximate surface area is 63.6 Å². The fraction of sp³-hybridized carbons (Fsp3) is 1.00. The van der Waals surface area contributed by atoms with Crippen molar-refractivity contribution in [3.63, 3.8) is 0 Å². The SMILES string of the molecule is CCC.CCONOCC. The molecule has 0 aromatic carbocycles. The van der Waals surface area contributed by atoms with E-state index in [9.17, 15) is 0 Å². The molecule has 0 spiro atoms. The summed E-state index contributed by atoms with van der Waals surface area (Å²) in [7, 11) is 0. The second-order valence-corrected chi connectivity index (χ2v) is 1.66. The molecule has 0 aliphatic carbocycles. The molecule has 0 aliphatic heterocycles. The number of nitrogens with one attached hydrogen (secondary N) is 1. The fourth-order valence-electron chi connectivity index (χ4n) is 0.160. The van der Waals surface area contributed by atoms with Crippen LogP contribution in [0.4, 0.5) is 0 Å². The third-order valence-electron chi connectivity index (χ3n) is 0.407. The van der Waals surface area contributed by atoms with Crippen molar-refractivity contribution in [3.8, 4) is 0 Å². The van der Waals surface area contributed by atoms with Crippen LogP contribution < -0.4 is 5.64 Å². The molecule has 3 nitrogen and oxygen atoms in total. The molecule has 1 N–H and O–H groups in total. The standard InChI is InChI=1S/C4H11NO2.C3H8/c1-3-6-5-7-4-2;1-3-2/h5H,3-4H2,1-2H3;3H2,1-2H3. The molecule has 64 valence electrons. The molecule has 0 saturated carbocycles. The van der Waals surface area contributed by atoms with E-state index in [4.69, 9.17) is 0 Å². The van der Waals surface area contributed by atoms with Gasteiger partial charge in [-0.1, -0.05) is 25.9 Å². The maximum absolute atomic E-state index is 4.60. The molecule has 0 aliphatic rings. The molecule has 0 aromatic heterocycles. The number of rotatable bonds is 4. The van der Waals surface area contributed by atoms with Crippen LogP contribution in [0.2, 0.25) is 0 Å². The van der Waals surface area contributed by atoms with E-state index in [2.05, 4.69) is 29.2 Å². The third-order valence-corrected chi connectivity index (χ3v) is 0.407. The molecular formula is C7H19NO2. The van der Waals surface area contributed by atoms with Gasteiger partial charge in [-0.2, -0.15) is 0 Å². The molecule has 0 amide bonds. The first-order valence-electron chi connectivity index (χ1n) is 3.81. The second kappa shape index (κ2) is 15.9. The highest BCUT2D eigenvalue weighted by molar-refractivity contribution is 3.99. The smallest absolute Gasteiger partial charge is 0.0680 e. The summed E-state index contributed by atoms with van der Waals surface area (Å²) in [5.41, 5.74) is 2.28. The van der Waals surface area contributed by atoms with Gasteiger partial charge in [-0.05, 0) is 13.8 Å². The van der Waals surface area contributed by atoms with E-state index in [0.29, 0.717) is 13.2 Å². The van der Waals surface area contributed by atoms with Gasteiger partial charge in [0.2, 0.25) is 0 Å². The van der Waals surface area contributed by atoms with Crippen molar-refractivity contribution in [2.75, 3.05) is 13.2 Å². The Hall–Kier alpha value is -0.120. The van der Waals surface area contributed by atoms with Gasteiger partial charge >= 0.3 is 0 Å². The number of hydrogen-bond donors (Lipinski definition) is 1. The Kier molecular flexibility index (Phi) is 20.0. The van der Waals surface area contributed by atoms with Gasteiger partial charge in [0, 0.05) is 0 Å². The summed E-state index contributed by atoms with van der Waals surface area (Å²) >= 11 is 0. The van der Waals surface area contributed by atoms with Gasteiger partial charge in [-0.15, -0.1) is 0 Å². The van der Waals surface area contributed by atoms with Crippen LogP contribution in [0.5, 0.6) is 0 Å². The van der Waals surface area contributed by atoms with E-state index in [1.807, 2.05) is 13.8 Å².